The number of hydrogen-bond acceptors (Lipinski definition) is 5. The van der Waals surface area contributed by atoms with Crippen molar-refractivity contribution < 1.29 is 12.8 Å². The summed E-state index contributed by atoms with van der Waals surface area (Å²) in [5, 5.41) is 3.42. The Morgan fingerprint density at radius 1 is 1.13 bits per heavy atom. The highest BCUT2D eigenvalue weighted by Crippen LogP contribution is 2.31. The molecule has 0 saturated carbocycles. The van der Waals surface area contributed by atoms with Crippen LogP contribution in [0.25, 0.3) is 0 Å². The Kier molecular flexibility index (Phi) is 6.58. The molecule has 164 valence electrons. The predicted octanol–water partition coefficient (Wildman–Crippen LogP) is 5.93. The van der Waals surface area contributed by atoms with Gasteiger partial charge < -0.3 is 4.90 Å². The second kappa shape index (κ2) is 9.06. The zero-order chi connectivity index (χ0) is 22.2. The van der Waals surface area contributed by atoms with Crippen LogP contribution in [0, 0.1) is 12.7 Å². The fourth-order valence-electron chi connectivity index (χ4n) is 3.80. The van der Waals surface area contributed by atoms with E-state index in [0.717, 1.165) is 22.5 Å². The Bertz CT molecular complexity index is 1210. The standard InChI is InChI=1S/C22H21Cl2FN2O2S2/c1-14-2-4-16(25)12-21(14)31(28,29)18-6-8-27(9-7-18)22-26-17(13-30-22)10-15-3-5-19(23)20(24)11-15/h2-5,11-13,18H,6-10H2,1H3. The van der Waals surface area contributed by atoms with Gasteiger partial charge >= 0.3 is 0 Å². The van der Waals surface area contributed by atoms with Gasteiger partial charge in [0.2, 0.25) is 0 Å². The van der Waals surface area contributed by atoms with E-state index in [2.05, 4.69) is 4.90 Å². The highest BCUT2D eigenvalue weighted by atomic mass is 35.5. The van der Waals surface area contributed by atoms with Crippen molar-refractivity contribution in [3.63, 3.8) is 0 Å². The van der Waals surface area contributed by atoms with Crippen LogP contribution in [0.5, 0.6) is 0 Å². The van der Waals surface area contributed by atoms with Crippen LogP contribution >= 0.6 is 34.5 Å². The summed E-state index contributed by atoms with van der Waals surface area (Å²) in [5.74, 6) is -0.529. The number of rotatable bonds is 5. The molecule has 2 heterocycles. The van der Waals surface area contributed by atoms with Gasteiger partial charge in [0.15, 0.2) is 15.0 Å². The fourth-order valence-corrected chi connectivity index (χ4v) is 6.98. The van der Waals surface area contributed by atoms with Gasteiger partial charge in [0, 0.05) is 24.9 Å². The van der Waals surface area contributed by atoms with Crippen LogP contribution in [0.2, 0.25) is 10.0 Å². The van der Waals surface area contributed by atoms with Crippen LogP contribution in [-0.2, 0) is 16.3 Å². The number of halogens is 3. The summed E-state index contributed by atoms with van der Waals surface area (Å²) in [6.45, 7) is 2.89. The van der Waals surface area contributed by atoms with Crippen molar-refractivity contribution in [1.82, 2.24) is 4.98 Å². The molecule has 31 heavy (non-hydrogen) atoms. The maximum Gasteiger partial charge on any atom is 0.185 e. The van der Waals surface area contributed by atoms with E-state index in [4.69, 9.17) is 28.2 Å². The Morgan fingerprint density at radius 2 is 1.87 bits per heavy atom. The van der Waals surface area contributed by atoms with E-state index in [-0.39, 0.29) is 4.90 Å². The number of anilines is 1. The summed E-state index contributed by atoms with van der Waals surface area (Å²) in [5.41, 5.74) is 2.54. The van der Waals surface area contributed by atoms with E-state index in [9.17, 15) is 12.8 Å². The van der Waals surface area contributed by atoms with Crippen molar-refractivity contribution in [2.24, 2.45) is 0 Å². The van der Waals surface area contributed by atoms with Crippen LogP contribution in [0.4, 0.5) is 9.52 Å². The number of aryl methyl sites for hydroxylation is 1. The second-order valence-electron chi connectivity index (χ2n) is 7.69. The highest BCUT2D eigenvalue weighted by Gasteiger charge is 2.33. The molecule has 0 radical (unpaired) electrons. The lowest BCUT2D eigenvalue weighted by Crippen LogP contribution is -2.39. The minimum Gasteiger partial charge on any atom is -0.348 e. The monoisotopic (exact) mass is 498 g/mol. The predicted molar refractivity (Wildman–Crippen MR) is 125 cm³/mol. The molecule has 1 aromatic heterocycles. The number of sulfone groups is 1. The fraction of sp³-hybridized carbons (Fsp3) is 0.318. The minimum absolute atomic E-state index is 0.101. The van der Waals surface area contributed by atoms with Crippen LogP contribution in [0.15, 0.2) is 46.7 Å². The number of aromatic nitrogens is 1. The quantitative estimate of drug-likeness (QED) is 0.437. The first-order valence-corrected chi connectivity index (χ1v) is 13.1. The third-order valence-corrected chi connectivity index (χ3v) is 9.61. The molecule has 1 aliphatic rings. The maximum absolute atomic E-state index is 13.6. The molecule has 0 bridgehead atoms. The van der Waals surface area contributed by atoms with E-state index >= 15 is 0 Å². The van der Waals surface area contributed by atoms with Crippen LogP contribution in [0.3, 0.4) is 0 Å². The molecule has 0 unspecified atom stereocenters. The van der Waals surface area contributed by atoms with E-state index in [1.807, 2.05) is 17.5 Å². The largest absolute Gasteiger partial charge is 0.348 e. The Morgan fingerprint density at radius 3 is 2.58 bits per heavy atom. The zero-order valence-electron chi connectivity index (χ0n) is 16.8. The summed E-state index contributed by atoms with van der Waals surface area (Å²) in [6, 6.07) is 9.48. The Hall–Kier alpha value is -1.67. The highest BCUT2D eigenvalue weighted by molar-refractivity contribution is 7.92. The molecular formula is C22H21Cl2FN2O2S2. The molecule has 0 aliphatic carbocycles. The SMILES string of the molecule is Cc1ccc(F)cc1S(=O)(=O)C1CCN(c2nc(Cc3ccc(Cl)c(Cl)c3)cs2)CC1. The third-order valence-electron chi connectivity index (χ3n) is 5.52. The molecule has 0 atom stereocenters. The minimum atomic E-state index is -3.57. The molecule has 0 amide bonds. The van der Waals surface area contributed by atoms with Crippen molar-refractivity contribution in [3.05, 3.63) is 74.5 Å². The first-order chi connectivity index (χ1) is 14.7. The van der Waals surface area contributed by atoms with Crippen molar-refractivity contribution >= 4 is 49.5 Å². The number of thiazole rings is 1. The maximum atomic E-state index is 13.6. The van der Waals surface area contributed by atoms with Gasteiger partial charge in [0.05, 0.1) is 25.9 Å². The lowest BCUT2D eigenvalue weighted by Gasteiger charge is -2.31. The van der Waals surface area contributed by atoms with Crippen LogP contribution in [0.1, 0.15) is 29.7 Å². The van der Waals surface area contributed by atoms with E-state index in [0.29, 0.717) is 48.0 Å². The Labute approximate surface area is 195 Å². The molecule has 1 fully saturated rings. The van der Waals surface area contributed by atoms with Crippen LogP contribution in [-0.4, -0.2) is 31.7 Å². The van der Waals surface area contributed by atoms with Gasteiger partial charge in [-0.15, -0.1) is 11.3 Å². The molecule has 2 aromatic carbocycles. The molecule has 4 rings (SSSR count). The van der Waals surface area contributed by atoms with Gasteiger partial charge in [0.25, 0.3) is 0 Å². The van der Waals surface area contributed by atoms with E-state index < -0.39 is 20.9 Å². The molecule has 3 aromatic rings. The molecule has 9 heteroatoms. The van der Waals surface area contributed by atoms with Crippen molar-refractivity contribution in [3.8, 4) is 0 Å². The van der Waals surface area contributed by atoms with Gasteiger partial charge in [-0.25, -0.2) is 17.8 Å². The molecule has 1 saturated heterocycles. The molecule has 0 spiro atoms. The van der Waals surface area contributed by atoms with E-state index in [1.54, 1.807) is 24.3 Å². The second-order valence-corrected chi connectivity index (χ2v) is 11.5. The summed E-state index contributed by atoms with van der Waals surface area (Å²) < 4.78 is 39.7. The number of benzene rings is 2. The van der Waals surface area contributed by atoms with Gasteiger partial charge in [-0.2, -0.15) is 0 Å². The summed E-state index contributed by atoms with van der Waals surface area (Å²) in [6.07, 6.45) is 1.62. The van der Waals surface area contributed by atoms with Gasteiger partial charge in [-0.05, 0) is 55.2 Å². The molecule has 1 aliphatic heterocycles. The molecular weight excluding hydrogens is 478 g/mol. The van der Waals surface area contributed by atoms with Crippen molar-refractivity contribution in [2.75, 3.05) is 18.0 Å². The van der Waals surface area contributed by atoms with E-state index in [1.165, 1.54) is 12.1 Å². The summed E-state index contributed by atoms with van der Waals surface area (Å²) >= 11 is 13.6. The normalized spacial score (nSPS) is 15.4. The summed E-state index contributed by atoms with van der Waals surface area (Å²) in [4.78, 5) is 6.94. The average molecular weight is 499 g/mol. The first-order valence-electron chi connectivity index (χ1n) is 9.87. The van der Waals surface area contributed by atoms with Crippen molar-refractivity contribution in [2.45, 2.75) is 36.3 Å². The third kappa shape index (κ3) is 4.90. The van der Waals surface area contributed by atoms with Gasteiger partial charge in [-0.3, -0.25) is 0 Å². The number of piperidine rings is 1. The molecule has 4 nitrogen and oxygen atoms in total. The van der Waals surface area contributed by atoms with Crippen molar-refractivity contribution in [1.29, 1.82) is 0 Å². The molecule has 0 N–H and O–H groups in total. The topological polar surface area (TPSA) is 50.3 Å². The summed E-state index contributed by atoms with van der Waals surface area (Å²) in [7, 11) is -3.57. The first kappa shape index (κ1) is 22.5. The number of hydrogen-bond donors (Lipinski definition) is 0. The average Bonchev–Trinajstić information content (AvgIpc) is 3.21. The number of nitrogens with zero attached hydrogens (tertiary/aromatic N) is 2. The lowest BCUT2D eigenvalue weighted by molar-refractivity contribution is 0.527. The van der Waals surface area contributed by atoms with Crippen LogP contribution < -0.4 is 4.90 Å². The smallest absolute Gasteiger partial charge is 0.185 e. The van der Waals surface area contributed by atoms with Gasteiger partial charge in [-0.1, -0.05) is 35.3 Å². The zero-order valence-corrected chi connectivity index (χ0v) is 20.0. The van der Waals surface area contributed by atoms with Gasteiger partial charge in [0.1, 0.15) is 5.82 Å². The Balaban J connectivity index is 1.42. The lowest BCUT2D eigenvalue weighted by atomic mass is 10.1.